The van der Waals surface area contributed by atoms with Crippen LogP contribution in [-0.2, 0) is 23.7 Å². The molecule has 0 radical (unpaired) electrons. The van der Waals surface area contributed by atoms with Crippen LogP contribution in [0, 0.1) is 0 Å². The van der Waals surface area contributed by atoms with Crippen LogP contribution < -0.4 is 14.2 Å². The molecule has 5 rings (SSSR count). The standard InChI is InChI=1S/C29H34O16/c1-39-12-6-15-13(16(7-12)42-28-25(37)23(35)21(33)19(9-30)44-28)8-18(27(41-15)11-3-4-14(32)17(5-11)40-2)43-29-26(38)24(36)22(34)20(10-31)45-29/h3-8,19-26,28-31,33-38H,9-10H2,1-2H3/t19-,20+,21+,22+,23-,24-,25+,26+,28+,29+/m0/s1. The van der Waals surface area contributed by atoms with Crippen molar-refractivity contribution in [2.75, 3.05) is 27.4 Å². The fourth-order valence-electron chi connectivity index (χ4n) is 5.05. The summed E-state index contributed by atoms with van der Waals surface area (Å²) in [5.74, 6) is -0.340. The van der Waals surface area contributed by atoms with Gasteiger partial charge in [-0.1, -0.05) is 0 Å². The summed E-state index contributed by atoms with van der Waals surface area (Å²) in [6, 6.07) is 2.88. The predicted octanol–water partition coefficient (Wildman–Crippen LogP) is -2.65. The first-order valence-corrected chi connectivity index (χ1v) is 13.8. The molecule has 16 nitrogen and oxygen atoms in total. The lowest BCUT2D eigenvalue weighted by Crippen LogP contribution is -2.60. The van der Waals surface area contributed by atoms with E-state index >= 15 is 0 Å². The number of rotatable bonds is 8. The van der Waals surface area contributed by atoms with Crippen LogP contribution in [0.4, 0.5) is 0 Å². The Kier molecular flexibility index (Phi) is 9.80. The van der Waals surface area contributed by atoms with Crippen molar-refractivity contribution in [1.29, 1.82) is 0 Å². The van der Waals surface area contributed by atoms with Crippen molar-refractivity contribution in [2.24, 2.45) is 0 Å². The fraction of sp³-hybridized carbons (Fsp3) is 0.483. The minimum Gasteiger partial charge on any atom is -0.496 e. The van der Waals surface area contributed by atoms with Crippen LogP contribution in [0.15, 0.2) is 53.2 Å². The van der Waals surface area contributed by atoms with Crippen molar-refractivity contribution in [3.05, 3.63) is 58.8 Å². The van der Waals surface area contributed by atoms with Gasteiger partial charge in [0.2, 0.25) is 18.4 Å². The predicted molar refractivity (Wildman–Crippen MR) is 147 cm³/mol. The molecule has 2 fully saturated rings. The van der Waals surface area contributed by atoms with Crippen LogP contribution in [0.1, 0.15) is 5.56 Å². The molecule has 3 heterocycles. The second kappa shape index (κ2) is 13.4. The van der Waals surface area contributed by atoms with Gasteiger partial charge in [-0.15, -0.1) is 0 Å². The van der Waals surface area contributed by atoms with Crippen LogP contribution >= 0.6 is 0 Å². The van der Waals surface area contributed by atoms with Crippen LogP contribution in [0.2, 0.25) is 0 Å². The molecular formula is C29H34O16. The van der Waals surface area contributed by atoms with Gasteiger partial charge in [0.05, 0.1) is 33.0 Å². The normalized spacial score (nSPS) is 36.4. The second-order valence-corrected chi connectivity index (χ2v) is 10.5. The summed E-state index contributed by atoms with van der Waals surface area (Å²) in [5.41, 5.74) is 0.427. The molecule has 16 heteroatoms. The molecule has 1 aromatic rings. The molecule has 246 valence electrons. The molecule has 10 atom stereocenters. The van der Waals surface area contributed by atoms with Crippen molar-refractivity contribution in [1.82, 2.24) is 0 Å². The summed E-state index contributed by atoms with van der Waals surface area (Å²) in [4.78, 5) is 12.2. The fourth-order valence-corrected chi connectivity index (χ4v) is 5.05. The zero-order valence-corrected chi connectivity index (χ0v) is 24.0. The van der Waals surface area contributed by atoms with Gasteiger partial charge in [-0.3, -0.25) is 4.79 Å². The van der Waals surface area contributed by atoms with Gasteiger partial charge in [0.25, 0.3) is 0 Å². The number of ether oxygens (including phenoxy) is 7. The highest BCUT2D eigenvalue weighted by atomic mass is 16.7. The Morgan fingerprint density at radius 3 is 1.87 bits per heavy atom. The van der Waals surface area contributed by atoms with E-state index in [1.807, 2.05) is 0 Å². The summed E-state index contributed by atoms with van der Waals surface area (Å²) in [6.07, 6.45) is -10.7. The SMILES string of the molecule is COC1=CC(=C2Oc3cc(OC)cc(O[C@@H]4O[C@@H](CO)[C@@H](O)[C@H](O)[C@H]4O)c3C=C2O[C@@H]2O[C@H](CO)[C@@H](O)[C@H](O)[C@H]2O)C=CC1=O. The lowest BCUT2D eigenvalue weighted by molar-refractivity contribution is -0.291. The van der Waals surface area contributed by atoms with Gasteiger partial charge in [-0.05, 0) is 24.3 Å². The summed E-state index contributed by atoms with van der Waals surface area (Å²) in [7, 11) is 2.67. The summed E-state index contributed by atoms with van der Waals surface area (Å²) >= 11 is 0. The third-order valence-corrected chi connectivity index (χ3v) is 7.63. The smallest absolute Gasteiger partial charge is 0.229 e. The molecule has 3 aliphatic heterocycles. The van der Waals surface area contributed by atoms with Crippen molar-refractivity contribution < 1.29 is 78.8 Å². The van der Waals surface area contributed by atoms with Gasteiger partial charge < -0.3 is 74.0 Å². The molecule has 0 unspecified atom stereocenters. The van der Waals surface area contributed by atoms with Crippen LogP contribution in [-0.4, -0.2) is 135 Å². The Morgan fingerprint density at radius 1 is 0.711 bits per heavy atom. The third kappa shape index (κ3) is 6.30. The third-order valence-electron chi connectivity index (χ3n) is 7.63. The molecule has 45 heavy (non-hydrogen) atoms. The van der Waals surface area contributed by atoms with E-state index in [-0.39, 0.29) is 45.7 Å². The first kappa shape index (κ1) is 32.8. The number of aliphatic hydroxyl groups excluding tert-OH is 8. The molecule has 0 spiro atoms. The van der Waals surface area contributed by atoms with E-state index in [0.29, 0.717) is 0 Å². The zero-order chi connectivity index (χ0) is 32.6. The van der Waals surface area contributed by atoms with E-state index in [4.69, 9.17) is 33.2 Å². The maximum Gasteiger partial charge on any atom is 0.229 e. The van der Waals surface area contributed by atoms with Crippen molar-refractivity contribution in [3.63, 3.8) is 0 Å². The van der Waals surface area contributed by atoms with Gasteiger partial charge in [0, 0.05) is 17.7 Å². The molecule has 8 N–H and O–H groups in total. The van der Waals surface area contributed by atoms with Gasteiger partial charge in [0.1, 0.15) is 66.1 Å². The highest BCUT2D eigenvalue weighted by Gasteiger charge is 2.47. The number of hydrogen-bond acceptors (Lipinski definition) is 16. The molecule has 1 aliphatic carbocycles. The van der Waals surface area contributed by atoms with Gasteiger partial charge >= 0.3 is 0 Å². The minimum absolute atomic E-state index is 0.0233. The lowest BCUT2D eigenvalue weighted by Gasteiger charge is -2.40. The van der Waals surface area contributed by atoms with Crippen LogP contribution in [0.5, 0.6) is 17.2 Å². The van der Waals surface area contributed by atoms with Gasteiger partial charge in [0.15, 0.2) is 17.3 Å². The summed E-state index contributed by atoms with van der Waals surface area (Å²) < 4.78 is 39.6. The highest BCUT2D eigenvalue weighted by Crippen LogP contribution is 2.44. The maximum atomic E-state index is 12.2. The van der Waals surface area contributed by atoms with Crippen LogP contribution in [0.25, 0.3) is 6.08 Å². The minimum atomic E-state index is -1.79. The number of allylic oxidation sites excluding steroid dienone is 4. The molecule has 2 saturated heterocycles. The largest absolute Gasteiger partial charge is 0.496 e. The Hall–Kier alpha value is -3.55. The molecular weight excluding hydrogens is 604 g/mol. The van der Waals surface area contributed by atoms with E-state index < -0.39 is 80.4 Å². The van der Waals surface area contributed by atoms with E-state index in [9.17, 15) is 45.6 Å². The number of aliphatic hydroxyl groups is 8. The number of methoxy groups -OCH3 is 2. The van der Waals surface area contributed by atoms with Crippen molar-refractivity contribution >= 4 is 11.9 Å². The molecule has 0 bridgehead atoms. The first-order valence-electron chi connectivity index (χ1n) is 13.8. The number of carbonyl (C=O) groups excluding carboxylic acids is 1. The first-order chi connectivity index (χ1) is 21.5. The lowest BCUT2D eigenvalue weighted by atomic mass is 9.98. The molecule has 0 aromatic heterocycles. The Morgan fingerprint density at radius 2 is 1.31 bits per heavy atom. The van der Waals surface area contributed by atoms with Gasteiger partial charge in [-0.25, -0.2) is 0 Å². The van der Waals surface area contributed by atoms with E-state index in [0.717, 1.165) is 0 Å². The Labute approximate surface area is 255 Å². The number of carbonyl (C=O) groups is 1. The van der Waals surface area contributed by atoms with Crippen molar-refractivity contribution in [2.45, 2.75) is 61.4 Å². The Balaban J connectivity index is 1.60. The number of hydrogen-bond donors (Lipinski definition) is 8. The summed E-state index contributed by atoms with van der Waals surface area (Å²) in [5, 5.41) is 81.4. The molecule has 0 saturated carbocycles. The maximum absolute atomic E-state index is 12.2. The second-order valence-electron chi connectivity index (χ2n) is 10.5. The molecule has 0 amide bonds. The monoisotopic (exact) mass is 638 g/mol. The average molecular weight is 639 g/mol. The average Bonchev–Trinajstić information content (AvgIpc) is 3.05. The quantitative estimate of drug-likeness (QED) is 0.145. The van der Waals surface area contributed by atoms with E-state index in [1.165, 1.54) is 50.7 Å². The highest BCUT2D eigenvalue weighted by molar-refractivity contribution is 6.04. The zero-order valence-electron chi connectivity index (χ0n) is 24.0. The number of benzene rings is 1. The Bertz CT molecular complexity index is 1400. The van der Waals surface area contributed by atoms with Crippen LogP contribution in [0.3, 0.4) is 0 Å². The van der Waals surface area contributed by atoms with Crippen molar-refractivity contribution in [3.8, 4) is 17.2 Å². The van der Waals surface area contributed by atoms with E-state index in [1.54, 1.807) is 0 Å². The summed E-state index contributed by atoms with van der Waals surface area (Å²) in [6.45, 7) is -1.40. The van der Waals surface area contributed by atoms with Gasteiger partial charge in [-0.2, -0.15) is 0 Å². The number of fused-ring (bicyclic) bond motifs is 1. The van der Waals surface area contributed by atoms with E-state index in [2.05, 4.69) is 0 Å². The number of ketones is 1. The molecule has 1 aromatic carbocycles. The topological polar surface area (TPSA) is 244 Å². The molecule has 4 aliphatic rings.